The van der Waals surface area contributed by atoms with Crippen LogP contribution in [0.15, 0.2) is 24.5 Å². The van der Waals surface area contributed by atoms with Gasteiger partial charge in [-0.25, -0.2) is 0 Å². The fourth-order valence-corrected chi connectivity index (χ4v) is 1.76. The van der Waals surface area contributed by atoms with E-state index in [4.69, 9.17) is 5.73 Å². The van der Waals surface area contributed by atoms with Crippen molar-refractivity contribution in [2.24, 2.45) is 5.73 Å². The number of pyridine rings is 1. The molecule has 0 amide bonds. The Morgan fingerprint density at radius 2 is 2.15 bits per heavy atom. The molecule has 3 nitrogen and oxygen atoms in total. The lowest BCUT2D eigenvalue weighted by atomic mass is 10.0. The number of anilines is 1. The summed E-state index contributed by atoms with van der Waals surface area (Å²) in [6.45, 7) is 4.10. The van der Waals surface area contributed by atoms with Crippen molar-refractivity contribution < 1.29 is 0 Å². The third kappa shape index (κ3) is 1.80. The molecule has 1 saturated heterocycles. The molecule has 0 bridgehead atoms. The summed E-state index contributed by atoms with van der Waals surface area (Å²) < 4.78 is 0. The van der Waals surface area contributed by atoms with Gasteiger partial charge in [-0.15, -0.1) is 0 Å². The second-order valence-corrected chi connectivity index (χ2v) is 4.03. The predicted molar refractivity (Wildman–Crippen MR) is 53.7 cm³/mol. The van der Waals surface area contributed by atoms with Gasteiger partial charge in [0, 0.05) is 36.7 Å². The summed E-state index contributed by atoms with van der Waals surface area (Å²) in [6, 6.07) is 4.06. The average Bonchev–Trinajstić information content (AvgIpc) is 2.48. The molecule has 13 heavy (non-hydrogen) atoms. The third-order valence-electron chi connectivity index (χ3n) is 2.53. The van der Waals surface area contributed by atoms with Crippen molar-refractivity contribution in [3.05, 3.63) is 24.5 Å². The van der Waals surface area contributed by atoms with Crippen LogP contribution in [0.1, 0.15) is 13.3 Å². The number of rotatable bonds is 1. The minimum atomic E-state index is -0.0245. The predicted octanol–water partition coefficient (Wildman–Crippen LogP) is 1.01. The maximum atomic E-state index is 6.05. The van der Waals surface area contributed by atoms with E-state index in [0.717, 1.165) is 19.5 Å². The summed E-state index contributed by atoms with van der Waals surface area (Å²) in [5.41, 5.74) is 7.25. The van der Waals surface area contributed by atoms with Gasteiger partial charge in [-0.2, -0.15) is 0 Å². The Hall–Kier alpha value is -1.09. The van der Waals surface area contributed by atoms with Crippen molar-refractivity contribution in [2.75, 3.05) is 18.0 Å². The van der Waals surface area contributed by atoms with Gasteiger partial charge in [0.15, 0.2) is 0 Å². The number of nitrogens with zero attached hydrogens (tertiary/aromatic N) is 2. The zero-order valence-corrected chi connectivity index (χ0v) is 7.90. The maximum Gasteiger partial charge on any atom is 0.0397 e. The number of hydrogen-bond acceptors (Lipinski definition) is 3. The van der Waals surface area contributed by atoms with Crippen molar-refractivity contribution in [2.45, 2.75) is 18.9 Å². The summed E-state index contributed by atoms with van der Waals surface area (Å²) >= 11 is 0. The Balaban J connectivity index is 2.13. The molecule has 2 heterocycles. The van der Waals surface area contributed by atoms with Crippen LogP contribution in [-0.2, 0) is 0 Å². The lowest BCUT2D eigenvalue weighted by Gasteiger charge is -2.21. The van der Waals surface area contributed by atoms with Crippen molar-refractivity contribution in [3.63, 3.8) is 0 Å². The van der Waals surface area contributed by atoms with E-state index in [1.54, 1.807) is 0 Å². The quantitative estimate of drug-likeness (QED) is 0.696. The molecule has 2 rings (SSSR count). The molecule has 0 saturated carbocycles. The Morgan fingerprint density at radius 3 is 2.69 bits per heavy atom. The minimum absolute atomic E-state index is 0.0245. The van der Waals surface area contributed by atoms with Gasteiger partial charge in [-0.1, -0.05) is 0 Å². The Bertz CT molecular complexity index is 281. The smallest absolute Gasteiger partial charge is 0.0397 e. The summed E-state index contributed by atoms with van der Waals surface area (Å²) in [6.07, 6.45) is 4.71. The van der Waals surface area contributed by atoms with E-state index >= 15 is 0 Å². The van der Waals surface area contributed by atoms with Crippen LogP contribution in [0.2, 0.25) is 0 Å². The highest BCUT2D eigenvalue weighted by atomic mass is 15.2. The van der Waals surface area contributed by atoms with Crippen LogP contribution < -0.4 is 10.6 Å². The van der Waals surface area contributed by atoms with Gasteiger partial charge in [0.05, 0.1) is 0 Å². The van der Waals surface area contributed by atoms with Crippen LogP contribution in [0.25, 0.3) is 0 Å². The topological polar surface area (TPSA) is 42.1 Å². The SMILES string of the molecule is C[C@]1(N)CCN(c2ccncc2)C1. The standard InChI is InChI=1S/C10H15N3/c1-10(11)4-7-13(8-10)9-2-5-12-6-3-9/h2-3,5-6H,4,7-8,11H2,1H3/t10-/m0/s1. The van der Waals surface area contributed by atoms with E-state index in [1.807, 2.05) is 24.5 Å². The number of hydrogen-bond donors (Lipinski definition) is 1. The molecule has 1 fully saturated rings. The van der Waals surface area contributed by atoms with Crippen LogP contribution in [0.3, 0.4) is 0 Å². The first kappa shape index (κ1) is 8.51. The van der Waals surface area contributed by atoms with E-state index < -0.39 is 0 Å². The zero-order chi connectivity index (χ0) is 9.31. The van der Waals surface area contributed by atoms with E-state index in [0.29, 0.717) is 0 Å². The van der Waals surface area contributed by atoms with Gasteiger partial charge in [-0.05, 0) is 25.5 Å². The van der Waals surface area contributed by atoms with Crippen molar-refractivity contribution in [3.8, 4) is 0 Å². The van der Waals surface area contributed by atoms with Crippen molar-refractivity contribution in [1.29, 1.82) is 0 Å². The van der Waals surface area contributed by atoms with Crippen LogP contribution >= 0.6 is 0 Å². The van der Waals surface area contributed by atoms with E-state index in [1.165, 1.54) is 5.69 Å². The third-order valence-corrected chi connectivity index (χ3v) is 2.53. The van der Waals surface area contributed by atoms with Crippen LogP contribution in [-0.4, -0.2) is 23.6 Å². The van der Waals surface area contributed by atoms with Gasteiger partial charge >= 0.3 is 0 Å². The number of nitrogens with two attached hydrogens (primary N) is 1. The molecule has 0 spiro atoms. The van der Waals surface area contributed by atoms with Gasteiger partial charge < -0.3 is 10.6 Å². The summed E-state index contributed by atoms with van der Waals surface area (Å²) in [5, 5.41) is 0. The lowest BCUT2D eigenvalue weighted by Crippen LogP contribution is -2.39. The summed E-state index contributed by atoms with van der Waals surface area (Å²) in [4.78, 5) is 6.30. The molecule has 1 aliphatic rings. The molecule has 1 aromatic heterocycles. The minimum Gasteiger partial charge on any atom is -0.370 e. The highest BCUT2D eigenvalue weighted by Gasteiger charge is 2.29. The fraction of sp³-hybridized carbons (Fsp3) is 0.500. The first-order chi connectivity index (χ1) is 6.17. The molecule has 1 aromatic rings. The van der Waals surface area contributed by atoms with Gasteiger partial charge in [-0.3, -0.25) is 4.98 Å². The average molecular weight is 177 g/mol. The normalized spacial score (nSPS) is 28.0. The van der Waals surface area contributed by atoms with Gasteiger partial charge in [0.1, 0.15) is 0 Å². The summed E-state index contributed by atoms with van der Waals surface area (Å²) in [5.74, 6) is 0. The summed E-state index contributed by atoms with van der Waals surface area (Å²) in [7, 11) is 0. The molecule has 2 N–H and O–H groups in total. The van der Waals surface area contributed by atoms with E-state index in [-0.39, 0.29) is 5.54 Å². The molecule has 3 heteroatoms. The van der Waals surface area contributed by atoms with Crippen LogP contribution in [0.5, 0.6) is 0 Å². The second kappa shape index (κ2) is 3.00. The first-order valence-corrected chi connectivity index (χ1v) is 4.61. The van der Waals surface area contributed by atoms with E-state index in [9.17, 15) is 0 Å². The Labute approximate surface area is 78.6 Å². The first-order valence-electron chi connectivity index (χ1n) is 4.61. The monoisotopic (exact) mass is 177 g/mol. The highest BCUT2D eigenvalue weighted by molar-refractivity contribution is 5.46. The van der Waals surface area contributed by atoms with Crippen LogP contribution in [0.4, 0.5) is 5.69 Å². The number of aromatic nitrogens is 1. The molecule has 0 radical (unpaired) electrons. The van der Waals surface area contributed by atoms with E-state index in [2.05, 4.69) is 16.8 Å². The zero-order valence-electron chi connectivity index (χ0n) is 7.90. The highest BCUT2D eigenvalue weighted by Crippen LogP contribution is 2.23. The van der Waals surface area contributed by atoms with Crippen LogP contribution in [0, 0.1) is 0 Å². The van der Waals surface area contributed by atoms with Crippen molar-refractivity contribution >= 4 is 5.69 Å². The Kier molecular flexibility index (Phi) is 1.96. The van der Waals surface area contributed by atoms with Crippen molar-refractivity contribution in [1.82, 2.24) is 4.98 Å². The molecule has 70 valence electrons. The van der Waals surface area contributed by atoms with Gasteiger partial charge in [0.2, 0.25) is 0 Å². The largest absolute Gasteiger partial charge is 0.370 e. The molecular formula is C10H15N3. The lowest BCUT2D eigenvalue weighted by molar-refractivity contribution is 0.525. The fourth-order valence-electron chi connectivity index (χ4n) is 1.76. The maximum absolute atomic E-state index is 6.05. The molecular weight excluding hydrogens is 162 g/mol. The molecule has 0 unspecified atom stereocenters. The molecule has 1 aliphatic heterocycles. The molecule has 1 atom stereocenters. The molecule has 0 aliphatic carbocycles. The van der Waals surface area contributed by atoms with Gasteiger partial charge in [0.25, 0.3) is 0 Å². The molecule has 0 aromatic carbocycles. The second-order valence-electron chi connectivity index (χ2n) is 4.03. The Morgan fingerprint density at radius 1 is 1.46 bits per heavy atom.